The van der Waals surface area contributed by atoms with Gasteiger partial charge in [-0.3, -0.25) is 9.78 Å². The van der Waals surface area contributed by atoms with E-state index in [1.165, 1.54) is 17.5 Å². The first-order chi connectivity index (χ1) is 12.1. The van der Waals surface area contributed by atoms with Gasteiger partial charge in [0.1, 0.15) is 5.69 Å². The second-order valence-electron chi connectivity index (χ2n) is 4.99. The third-order valence-corrected chi connectivity index (χ3v) is 3.87. The highest BCUT2D eigenvalue weighted by molar-refractivity contribution is 7.13. The molecule has 0 spiro atoms. The standard InChI is InChI=1S/C16H15N7OS/c17-15(18)23-16-22-13(9-25-16)12-5-1-4-11(21-12)8-20-14(24)10-3-2-6-19-7-10/h1-7,9H,8H2,(H,20,24)(H4,17,18,22,23). The van der Waals surface area contributed by atoms with Crippen LogP contribution in [0.15, 0.2) is 53.1 Å². The molecule has 3 aromatic heterocycles. The minimum absolute atomic E-state index is 0.0410. The first kappa shape index (κ1) is 16.5. The van der Waals surface area contributed by atoms with Crippen LogP contribution in [0.5, 0.6) is 0 Å². The number of amides is 1. The molecule has 3 heterocycles. The Morgan fingerprint density at radius 1 is 1.16 bits per heavy atom. The van der Waals surface area contributed by atoms with Gasteiger partial charge < -0.3 is 16.8 Å². The zero-order chi connectivity index (χ0) is 17.6. The van der Waals surface area contributed by atoms with Gasteiger partial charge in [0.15, 0.2) is 5.96 Å². The lowest BCUT2D eigenvalue weighted by molar-refractivity contribution is 0.0950. The summed E-state index contributed by atoms with van der Waals surface area (Å²) >= 11 is 1.32. The number of nitrogens with one attached hydrogen (secondary N) is 1. The van der Waals surface area contributed by atoms with Crippen molar-refractivity contribution in [3.8, 4) is 11.4 Å². The van der Waals surface area contributed by atoms with Crippen molar-refractivity contribution in [1.82, 2.24) is 20.3 Å². The summed E-state index contributed by atoms with van der Waals surface area (Å²) in [6.45, 7) is 0.298. The van der Waals surface area contributed by atoms with Crippen LogP contribution in [0.3, 0.4) is 0 Å². The number of hydrogen-bond donors (Lipinski definition) is 3. The van der Waals surface area contributed by atoms with Gasteiger partial charge in [0.05, 0.1) is 23.5 Å². The molecule has 0 unspecified atom stereocenters. The van der Waals surface area contributed by atoms with E-state index >= 15 is 0 Å². The summed E-state index contributed by atoms with van der Waals surface area (Å²) in [5.41, 5.74) is 13.3. The molecule has 0 radical (unpaired) electrons. The van der Waals surface area contributed by atoms with Gasteiger partial charge in [-0.1, -0.05) is 6.07 Å². The molecule has 8 nitrogen and oxygen atoms in total. The van der Waals surface area contributed by atoms with E-state index in [0.29, 0.717) is 34.3 Å². The van der Waals surface area contributed by atoms with E-state index in [0.717, 1.165) is 0 Å². The third-order valence-electron chi connectivity index (χ3n) is 3.14. The number of rotatable bonds is 5. The molecule has 0 aliphatic carbocycles. The molecule has 0 aromatic carbocycles. The van der Waals surface area contributed by atoms with Crippen LogP contribution in [0.25, 0.3) is 11.4 Å². The number of aromatic nitrogens is 3. The maximum Gasteiger partial charge on any atom is 0.253 e. The van der Waals surface area contributed by atoms with Gasteiger partial charge >= 0.3 is 0 Å². The zero-order valence-electron chi connectivity index (χ0n) is 13.1. The fourth-order valence-electron chi connectivity index (χ4n) is 2.03. The number of nitrogens with two attached hydrogens (primary N) is 2. The number of nitrogens with zero attached hydrogens (tertiary/aromatic N) is 4. The second-order valence-corrected chi connectivity index (χ2v) is 5.83. The van der Waals surface area contributed by atoms with Crippen molar-refractivity contribution < 1.29 is 4.79 Å². The predicted molar refractivity (Wildman–Crippen MR) is 96.2 cm³/mol. The molecule has 0 aliphatic rings. The molecule has 0 bridgehead atoms. The van der Waals surface area contributed by atoms with Crippen LogP contribution >= 0.6 is 11.3 Å². The van der Waals surface area contributed by atoms with Crippen molar-refractivity contribution in [3.63, 3.8) is 0 Å². The molecule has 9 heteroatoms. The highest BCUT2D eigenvalue weighted by Crippen LogP contribution is 2.25. The van der Waals surface area contributed by atoms with E-state index in [1.54, 1.807) is 18.3 Å². The van der Waals surface area contributed by atoms with E-state index < -0.39 is 0 Å². The van der Waals surface area contributed by atoms with E-state index in [9.17, 15) is 4.79 Å². The summed E-state index contributed by atoms with van der Waals surface area (Å²) in [4.78, 5) is 28.7. The van der Waals surface area contributed by atoms with Crippen molar-refractivity contribution in [1.29, 1.82) is 0 Å². The quantitative estimate of drug-likeness (QED) is 0.469. The Hall–Kier alpha value is -3.33. The summed E-state index contributed by atoms with van der Waals surface area (Å²) < 4.78 is 0. The number of hydrogen-bond acceptors (Lipinski definition) is 6. The first-order valence-corrected chi connectivity index (χ1v) is 8.19. The van der Waals surface area contributed by atoms with Gasteiger partial charge in [0, 0.05) is 17.8 Å². The van der Waals surface area contributed by atoms with Gasteiger partial charge in [-0.2, -0.15) is 4.99 Å². The first-order valence-electron chi connectivity index (χ1n) is 7.31. The van der Waals surface area contributed by atoms with Crippen molar-refractivity contribution in [2.24, 2.45) is 16.5 Å². The highest BCUT2D eigenvalue weighted by atomic mass is 32.1. The molecule has 3 rings (SSSR count). The Labute approximate surface area is 147 Å². The summed E-state index contributed by atoms with van der Waals surface area (Å²) in [6, 6.07) is 8.93. The van der Waals surface area contributed by atoms with Crippen LogP contribution in [0.4, 0.5) is 5.13 Å². The van der Waals surface area contributed by atoms with Crippen LogP contribution < -0.4 is 16.8 Å². The summed E-state index contributed by atoms with van der Waals surface area (Å²) in [7, 11) is 0. The Bertz CT molecular complexity index is 904. The zero-order valence-corrected chi connectivity index (χ0v) is 13.9. The second kappa shape index (κ2) is 7.49. The molecular formula is C16H15N7OS. The molecule has 5 N–H and O–H groups in total. The normalized spacial score (nSPS) is 10.2. The van der Waals surface area contributed by atoms with Crippen molar-refractivity contribution in [2.45, 2.75) is 6.54 Å². The van der Waals surface area contributed by atoms with E-state index in [1.807, 2.05) is 23.6 Å². The smallest absolute Gasteiger partial charge is 0.253 e. The fraction of sp³-hybridized carbons (Fsp3) is 0.0625. The number of carbonyl (C=O) groups is 1. The van der Waals surface area contributed by atoms with E-state index in [4.69, 9.17) is 11.5 Å². The van der Waals surface area contributed by atoms with Crippen LogP contribution in [0.1, 0.15) is 16.1 Å². The monoisotopic (exact) mass is 353 g/mol. The molecule has 3 aromatic rings. The molecule has 0 atom stereocenters. The number of thiazole rings is 1. The number of aliphatic imine (C=N–C) groups is 1. The average molecular weight is 353 g/mol. The van der Waals surface area contributed by atoms with Crippen LogP contribution in [-0.2, 0) is 6.54 Å². The minimum atomic E-state index is -0.205. The number of guanidine groups is 1. The molecule has 25 heavy (non-hydrogen) atoms. The molecule has 0 aliphatic heterocycles. The molecule has 0 fully saturated rings. The maximum atomic E-state index is 12.1. The lowest BCUT2D eigenvalue weighted by Crippen LogP contribution is -2.23. The molecule has 0 saturated heterocycles. The van der Waals surface area contributed by atoms with Gasteiger partial charge in [-0.05, 0) is 24.3 Å². The Morgan fingerprint density at radius 2 is 2.04 bits per heavy atom. The van der Waals surface area contributed by atoms with Gasteiger partial charge in [0.25, 0.3) is 5.91 Å². The van der Waals surface area contributed by atoms with Gasteiger partial charge in [-0.25, -0.2) is 9.97 Å². The van der Waals surface area contributed by atoms with Crippen molar-refractivity contribution in [2.75, 3.05) is 0 Å². The Kier molecular flexibility index (Phi) is 4.95. The van der Waals surface area contributed by atoms with E-state index in [2.05, 4.69) is 25.3 Å². The van der Waals surface area contributed by atoms with Crippen LogP contribution in [0, 0.1) is 0 Å². The number of carbonyl (C=O) groups excluding carboxylic acids is 1. The molecule has 126 valence electrons. The largest absolute Gasteiger partial charge is 0.370 e. The Balaban J connectivity index is 1.70. The topological polar surface area (TPSA) is 132 Å². The fourth-order valence-corrected chi connectivity index (χ4v) is 2.73. The minimum Gasteiger partial charge on any atom is -0.370 e. The molecule has 1 amide bonds. The van der Waals surface area contributed by atoms with Crippen molar-refractivity contribution in [3.05, 3.63) is 59.4 Å². The predicted octanol–water partition coefficient (Wildman–Crippen LogP) is 1.43. The van der Waals surface area contributed by atoms with Crippen LogP contribution in [0.2, 0.25) is 0 Å². The van der Waals surface area contributed by atoms with Crippen molar-refractivity contribution >= 4 is 28.3 Å². The highest BCUT2D eigenvalue weighted by Gasteiger charge is 2.08. The third kappa shape index (κ3) is 4.36. The average Bonchev–Trinajstić information content (AvgIpc) is 3.08. The summed E-state index contributed by atoms with van der Waals surface area (Å²) in [5.74, 6) is -0.246. The lowest BCUT2D eigenvalue weighted by atomic mass is 10.2. The summed E-state index contributed by atoms with van der Waals surface area (Å²) in [6.07, 6.45) is 3.13. The Morgan fingerprint density at radius 3 is 2.80 bits per heavy atom. The molecular weight excluding hydrogens is 338 g/mol. The van der Waals surface area contributed by atoms with Crippen LogP contribution in [-0.4, -0.2) is 26.8 Å². The van der Waals surface area contributed by atoms with E-state index in [-0.39, 0.29) is 11.9 Å². The van der Waals surface area contributed by atoms with Gasteiger partial charge in [-0.15, -0.1) is 11.3 Å². The maximum absolute atomic E-state index is 12.1. The number of pyridine rings is 2. The lowest BCUT2D eigenvalue weighted by Gasteiger charge is -2.05. The molecule has 0 saturated carbocycles. The van der Waals surface area contributed by atoms with Gasteiger partial charge in [0.2, 0.25) is 5.13 Å². The SMILES string of the molecule is NC(N)=Nc1nc(-c2cccc(CNC(=O)c3cccnc3)n2)cs1. The summed E-state index contributed by atoms with van der Waals surface area (Å²) in [5, 5.41) is 5.10.